The van der Waals surface area contributed by atoms with Gasteiger partial charge in [0.25, 0.3) is 0 Å². The van der Waals surface area contributed by atoms with Gasteiger partial charge in [-0.15, -0.1) is 11.8 Å². The van der Waals surface area contributed by atoms with E-state index < -0.39 is 10.5 Å². The smallest absolute Gasteiger partial charge is 0.168 e. The van der Waals surface area contributed by atoms with Crippen molar-refractivity contribution in [2.75, 3.05) is 19.0 Å². The third-order valence-corrected chi connectivity index (χ3v) is 5.27. The number of thioether (sulfide) groups is 1. The van der Waals surface area contributed by atoms with E-state index in [2.05, 4.69) is 0 Å². The average molecular weight is 248 g/mol. The molecule has 2 fully saturated rings. The number of ether oxygens (including phenoxy) is 2. The van der Waals surface area contributed by atoms with Crippen LogP contribution in [0.3, 0.4) is 0 Å². The Kier molecular flexibility index (Phi) is 3.52. The minimum Gasteiger partial charge on any atom is -0.395 e. The molecule has 4 nitrogen and oxygen atoms in total. The molecular formula is C11H20O4S. The second kappa shape index (κ2) is 4.46. The molecule has 2 aliphatic heterocycles. The lowest BCUT2D eigenvalue weighted by Gasteiger charge is -2.32. The molecular weight excluding hydrogens is 228 g/mol. The molecule has 0 aromatic carbocycles. The summed E-state index contributed by atoms with van der Waals surface area (Å²) in [6, 6.07) is 0. The summed E-state index contributed by atoms with van der Waals surface area (Å²) in [4.78, 5) is 0. The van der Waals surface area contributed by atoms with Crippen LogP contribution in [0.25, 0.3) is 0 Å². The second-order valence-corrected chi connectivity index (χ2v) is 5.94. The molecule has 5 heteroatoms. The predicted molar refractivity (Wildman–Crippen MR) is 62.4 cm³/mol. The summed E-state index contributed by atoms with van der Waals surface area (Å²) in [6.07, 6.45) is 1.42. The zero-order chi connectivity index (χ0) is 11.8. The van der Waals surface area contributed by atoms with Gasteiger partial charge in [0.2, 0.25) is 0 Å². The summed E-state index contributed by atoms with van der Waals surface area (Å²) in [5.41, 5.74) is 0. The van der Waals surface area contributed by atoms with Crippen LogP contribution in [0.15, 0.2) is 0 Å². The molecule has 94 valence electrons. The predicted octanol–water partition coefficient (Wildman–Crippen LogP) is 0.757. The SMILES string of the molecule is CCC1(CC)O[C@H]2CSC(CO)(CO)[C@H]2O1. The van der Waals surface area contributed by atoms with Gasteiger partial charge in [-0.25, -0.2) is 0 Å². The van der Waals surface area contributed by atoms with Gasteiger partial charge in [0.1, 0.15) is 6.10 Å². The van der Waals surface area contributed by atoms with Crippen LogP contribution in [-0.4, -0.2) is 51.9 Å². The zero-order valence-electron chi connectivity index (χ0n) is 9.81. The van der Waals surface area contributed by atoms with Crippen molar-refractivity contribution in [1.82, 2.24) is 0 Å². The van der Waals surface area contributed by atoms with E-state index in [4.69, 9.17) is 9.47 Å². The van der Waals surface area contributed by atoms with Crippen molar-refractivity contribution in [2.24, 2.45) is 0 Å². The van der Waals surface area contributed by atoms with E-state index in [0.29, 0.717) is 0 Å². The van der Waals surface area contributed by atoms with Gasteiger partial charge in [-0.1, -0.05) is 13.8 Å². The van der Waals surface area contributed by atoms with Crippen molar-refractivity contribution in [1.29, 1.82) is 0 Å². The van der Waals surface area contributed by atoms with Crippen LogP contribution in [0, 0.1) is 0 Å². The maximum absolute atomic E-state index is 9.46. The molecule has 0 aromatic heterocycles. The van der Waals surface area contributed by atoms with Crippen LogP contribution in [0.1, 0.15) is 26.7 Å². The van der Waals surface area contributed by atoms with Crippen LogP contribution in [0.2, 0.25) is 0 Å². The maximum Gasteiger partial charge on any atom is 0.168 e. The molecule has 2 aliphatic rings. The van der Waals surface area contributed by atoms with Crippen LogP contribution in [-0.2, 0) is 9.47 Å². The Labute approximate surface area is 100 Å². The standard InChI is InChI=1S/C11H20O4S/c1-3-11(4-2)14-8-5-16-10(6-12,7-13)9(8)15-11/h8-9,12-13H,3-7H2,1-2H3/t8-,9-/m0/s1. The van der Waals surface area contributed by atoms with Crippen molar-refractivity contribution in [2.45, 2.75) is 49.4 Å². The minimum atomic E-state index is -0.587. The molecule has 0 unspecified atom stereocenters. The molecule has 16 heavy (non-hydrogen) atoms. The van der Waals surface area contributed by atoms with E-state index in [1.54, 1.807) is 11.8 Å². The van der Waals surface area contributed by atoms with Crippen LogP contribution >= 0.6 is 11.8 Å². The fraction of sp³-hybridized carbons (Fsp3) is 1.00. The van der Waals surface area contributed by atoms with E-state index >= 15 is 0 Å². The van der Waals surface area contributed by atoms with Crippen LogP contribution in [0.4, 0.5) is 0 Å². The van der Waals surface area contributed by atoms with E-state index in [-0.39, 0.29) is 25.4 Å². The number of hydrogen-bond donors (Lipinski definition) is 2. The minimum absolute atomic E-state index is 0.00389. The molecule has 2 heterocycles. The lowest BCUT2D eigenvalue weighted by atomic mass is 10.00. The van der Waals surface area contributed by atoms with Gasteiger partial charge >= 0.3 is 0 Å². The first kappa shape index (κ1) is 12.6. The Balaban J connectivity index is 2.18. The Morgan fingerprint density at radius 3 is 2.31 bits per heavy atom. The number of fused-ring (bicyclic) bond motifs is 1. The average Bonchev–Trinajstić information content (AvgIpc) is 2.85. The Bertz CT molecular complexity index is 250. The highest BCUT2D eigenvalue weighted by molar-refractivity contribution is 8.01. The van der Waals surface area contributed by atoms with Crippen molar-refractivity contribution in [3.63, 3.8) is 0 Å². The fourth-order valence-electron chi connectivity index (χ4n) is 2.48. The van der Waals surface area contributed by atoms with Crippen molar-refractivity contribution < 1.29 is 19.7 Å². The highest BCUT2D eigenvalue weighted by Crippen LogP contribution is 2.49. The Hall–Kier alpha value is 0.190. The normalized spacial score (nSPS) is 35.2. The monoisotopic (exact) mass is 248 g/mol. The molecule has 0 aliphatic carbocycles. The van der Waals surface area contributed by atoms with Gasteiger partial charge < -0.3 is 19.7 Å². The van der Waals surface area contributed by atoms with E-state index in [1.165, 1.54) is 0 Å². The molecule has 0 radical (unpaired) electrons. The second-order valence-electron chi connectivity index (χ2n) is 4.50. The molecule has 2 atom stereocenters. The molecule has 2 N–H and O–H groups in total. The molecule has 0 spiro atoms. The van der Waals surface area contributed by atoms with Gasteiger partial charge in [-0.05, 0) is 12.8 Å². The molecule has 0 bridgehead atoms. The molecule has 2 saturated heterocycles. The van der Waals surface area contributed by atoms with Crippen molar-refractivity contribution in [3.8, 4) is 0 Å². The number of aliphatic hydroxyl groups excluding tert-OH is 2. The molecule has 2 rings (SSSR count). The first-order valence-corrected chi connectivity index (χ1v) is 6.85. The number of hydrogen-bond acceptors (Lipinski definition) is 5. The largest absolute Gasteiger partial charge is 0.395 e. The summed E-state index contributed by atoms with van der Waals surface area (Å²) in [5, 5.41) is 18.9. The van der Waals surface area contributed by atoms with Gasteiger partial charge in [0.05, 0.1) is 24.1 Å². The highest BCUT2D eigenvalue weighted by Gasteiger charge is 2.59. The summed E-state index contributed by atoms with van der Waals surface area (Å²) < 4.78 is 11.4. The third-order valence-electron chi connectivity index (χ3n) is 3.71. The lowest BCUT2D eigenvalue weighted by molar-refractivity contribution is -0.182. The quantitative estimate of drug-likeness (QED) is 0.769. The van der Waals surface area contributed by atoms with Crippen LogP contribution < -0.4 is 0 Å². The van der Waals surface area contributed by atoms with E-state index in [0.717, 1.165) is 18.6 Å². The summed E-state index contributed by atoms with van der Waals surface area (Å²) >= 11 is 1.55. The van der Waals surface area contributed by atoms with Gasteiger partial charge in [0, 0.05) is 5.75 Å². The first-order chi connectivity index (χ1) is 7.65. The van der Waals surface area contributed by atoms with Gasteiger partial charge in [0.15, 0.2) is 5.79 Å². The fourth-order valence-corrected chi connectivity index (χ4v) is 3.76. The Morgan fingerprint density at radius 1 is 1.19 bits per heavy atom. The molecule has 0 saturated carbocycles. The summed E-state index contributed by atoms with van der Waals surface area (Å²) in [5.74, 6) is 0.277. The van der Waals surface area contributed by atoms with E-state index in [9.17, 15) is 10.2 Å². The lowest BCUT2D eigenvalue weighted by Crippen LogP contribution is -2.46. The molecule has 0 amide bonds. The van der Waals surface area contributed by atoms with Crippen molar-refractivity contribution >= 4 is 11.8 Å². The molecule has 0 aromatic rings. The number of aliphatic hydroxyl groups is 2. The Morgan fingerprint density at radius 2 is 1.81 bits per heavy atom. The maximum atomic E-state index is 9.46. The highest BCUT2D eigenvalue weighted by atomic mass is 32.2. The van der Waals surface area contributed by atoms with Crippen LogP contribution in [0.5, 0.6) is 0 Å². The van der Waals surface area contributed by atoms with Gasteiger partial charge in [-0.3, -0.25) is 0 Å². The first-order valence-electron chi connectivity index (χ1n) is 5.86. The van der Waals surface area contributed by atoms with Gasteiger partial charge in [-0.2, -0.15) is 0 Å². The summed E-state index contributed by atoms with van der Waals surface area (Å²) in [6.45, 7) is 3.94. The topological polar surface area (TPSA) is 58.9 Å². The zero-order valence-corrected chi connectivity index (χ0v) is 10.6. The summed E-state index contributed by atoms with van der Waals surface area (Å²) in [7, 11) is 0. The number of rotatable bonds is 4. The van der Waals surface area contributed by atoms with E-state index in [1.807, 2.05) is 13.8 Å². The van der Waals surface area contributed by atoms with Crippen molar-refractivity contribution in [3.05, 3.63) is 0 Å². The third kappa shape index (κ3) is 1.69.